The molecular weight excluding hydrogens is 340 g/mol. The summed E-state index contributed by atoms with van der Waals surface area (Å²) in [5, 5.41) is 0. The van der Waals surface area contributed by atoms with Crippen LogP contribution in [0.15, 0.2) is 27.1 Å². The van der Waals surface area contributed by atoms with E-state index in [1.165, 1.54) is 11.9 Å². The van der Waals surface area contributed by atoms with Crippen LogP contribution in [0.25, 0.3) is 0 Å². The quantitative estimate of drug-likeness (QED) is 0.903. The molecule has 0 saturated heterocycles. The lowest BCUT2D eigenvalue weighted by Crippen LogP contribution is -2.35. The lowest BCUT2D eigenvalue weighted by atomic mass is 10.2. The van der Waals surface area contributed by atoms with E-state index in [0.717, 1.165) is 4.47 Å². The van der Waals surface area contributed by atoms with E-state index in [-0.39, 0.29) is 12.5 Å². The minimum Gasteiger partial charge on any atom is -0.368 e. The van der Waals surface area contributed by atoms with Crippen molar-refractivity contribution in [2.75, 3.05) is 13.6 Å². The van der Waals surface area contributed by atoms with Gasteiger partial charge >= 0.3 is 0 Å². The van der Waals surface area contributed by atoms with E-state index in [9.17, 15) is 9.59 Å². The van der Waals surface area contributed by atoms with Gasteiger partial charge in [0.2, 0.25) is 5.91 Å². The Balaban J connectivity index is 2.92. The van der Waals surface area contributed by atoms with Gasteiger partial charge in [-0.1, -0.05) is 15.9 Å². The number of halogens is 2. The van der Waals surface area contributed by atoms with Gasteiger partial charge in [-0.15, -0.1) is 0 Å². The van der Waals surface area contributed by atoms with Crippen molar-refractivity contribution in [2.24, 2.45) is 5.73 Å². The number of benzene rings is 1. The van der Waals surface area contributed by atoms with Crippen molar-refractivity contribution in [2.45, 2.75) is 0 Å². The zero-order valence-corrected chi connectivity index (χ0v) is 11.7. The molecule has 6 heteroatoms. The molecule has 1 rings (SSSR count). The predicted octanol–water partition coefficient (Wildman–Crippen LogP) is 1.77. The van der Waals surface area contributed by atoms with Gasteiger partial charge in [0.05, 0.1) is 12.1 Å². The van der Waals surface area contributed by atoms with Gasteiger partial charge in [0, 0.05) is 16.0 Å². The topological polar surface area (TPSA) is 63.4 Å². The van der Waals surface area contributed by atoms with Crippen LogP contribution < -0.4 is 5.73 Å². The van der Waals surface area contributed by atoms with Crippen molar-refractivity contribution < 1.29 is 9.59 Å². The Bertz CT molecular complexity index is 435. The first-order chi connectivity index (χ1) is 7.41. The Morgan fingerprint density at radius 3 is 2.50 bits per heavy atom. The number of primary amides is 1. The molecule has 1 aromatic carbocycles. The molecule has 0 saturated carbocycles. The van der Waals surface area contributed by atoms with Crippen molar-refractivity contribution in [1.82, 2.24) is 4.90 Å². The summed E-state index contributed by atoms with van der Waals surface area (Å²) in [7, 11) is 1.53. The van der Waals surface area contributed by atoms with E-state index >= 15 is 0 Å². The number of amides is 2. The highest BCUT2D eigenvalue weighted by Crippen LogP contribution is 2.22. The molecule has 0 aromatic heterocycles. The average Bonchev–Trinajstić information content (AvgIpc) is 2.15. The van der Waals surface area contributed by atoms with Crippen molar-refractivity contribution in [3.8, 4) is 0 Å². The third-order valence-corrected chi connectivity index (χ3v) is 3.05. The van der Waals surface area contributed by atoms with Crippen LogP contribution in [0.3, 0.4) is 0 Å². The monoisotopic (exact) mass is 348 g/mol. The maximum absolute atomic E-state index is 11.9. The Morgan fingerprint density at radius 1 is 1.38 bits per heavy atom. The molecule has 1 aromatic rings. The second-order valence-electron chi connectivity index (χ2n) is 3.25. The zero-order valence-electron chi connectivity index (χ0n) is 8.54. The van der Waals surface area contributed by atoms with Gasteiger partial charge in [0.25, 0.3) is 5.91 Å². The maximum Gasteiger partial charge on any atom is 0.255 e. The molecule has 0 fully saturated rings. The number of rotatable bonds is 3. The maximum atomic E-state index is 11.9. The van der Waals surface area contributed by atoms with E-state index in [0.29, 0.717) is 10.0 Å². The third kappa shape index (κ3) is 3.31. The zero-order chi connectivity index (χ0) is 12.3. The van der Waals surface area contributed by atoms with E-state index in [2.05, 4.69) is 31.9 Å². The molecule has 0 bridgehead atoms. The van der Waals surface area contributed by atoms with Crippen LogP contribution in [-0.2, 0) is 4.79 Å². The summed E-state index contributed by atoms with van der Waals surface area (Å²) in [6.07, 6.45) is 0. The molecule has 0 heterocycles. The van der Waals surface area contributed by atoms with Crippen LogP contribution in [0, 0.1) is 0 Å². The molecule has 0 aliphatic heterocycles. The summed E-state index contributed by atoms with van der Waals surface area (Å²) in [6.45, 7) is -0.0959. The molecule has 2 amide bonds. The van der Waals surface area contributed by atoms with Crippen LogP contribution in [0.5, 0.6) is 0 Å². The van der Waals surface area contributed by atoms with Crippen molar-refractivity contribution in [3.63, 3.8) is 0 Å². The predicted molar refractivity (Wildman–Crippen MR) is 68.0 cm³/mol. The van der Waals surface area contributed by atoms with Crippen LogP contribution in [0.1, 0.15) is 10.4 Å². The molecule has 0 unspecified atom stereocenters. The fourth-order valence-electron chi connectivity index (χ4n) is 1.17. The largest absolute Gasteiger partial charge is 0.368 e. The van der Waals surface area contributed by atoms with Crippen LogP contribution >= 0.6 is 31.9 Å². The highest BCUT2D eigenvalue weighted by Gasteiger charge is 2.16. The average molecular weight is 350 g/mol. The smallest absolute Gasteiger partial charge is 0.255 e. The molecule has 2 N–H and O–H groups in total. The number of carbonyl (C=O) groups is 2. The fourth-order valence-corrected chi connectivity index (χ4v) is 2.39. The first-order valence-corrected chi connectivity index (χ1v) is 5.99. The summed E-state index contributed by atoms with van der Waals surface area (Å²) in [4.78, 5) is 23.9. The Hall–Kier alpha value is -0.880. The first kappa shape index (κ1) is 13.2. The number of likely N-dealkylation sites (N-methyl/N-ethyl adjacent to an activating group) is 1. The molecule has 16 heavy (non-hydrogen) atoms. The van der Waals surface area contributed by atoms with E-state index in [1.54, 1.807) is 18.2 Å². The molecule has 0 aliphatic carbocycles. The number of hydrogen-bond donors (Lipinski definition) is 1. The summed E-state index contributed by atoms with van der Waals surface area (Å²) in [5.41, 5.74) is 5.51. The highest BCUT2D eigenvalue weighted by atomic mass is 79.9. The normalized spacial score (nSPS) is 9.94. The molecule has 0 atom stereocenters. The van der Waals surface area contributed by atoms with Gasteiger partial charge in [-0.05, 0) is 34.1 Å². The second kappa shape index (κ2) is 5.45. The Kier molecular flexibility index (Phi) is 4.49. The van der Waals surface area contributed by atoms with E-state index in [1.807, 2.05) is 0 Å². The Morgan fingerprint density at radius 2 is 2.00 bits per heavy atom. The second-order valence-corrected chi connectivity index (χ2v) is 5.02. The van der Waals surface area contributed by atoms with Gasteiger partial charge < -0.3 is 10.6 Å². The summed E-state index contributed by atoms with van der Waals surface area (Å²) < 4.78 is 1.54. The van der Waals surface area contributed by atoms with E-state index in [4.69, 9.17) is 5.73 Å². The minimum absolute atomic E-state index is 0.0959. The van der Waals surface area contributed by atoms with Crippen LogP contribution in [0.4, 0.5) is 0 Å². The number of hydrogen-bond acceptors (Lipinski definition) is 2. The lowest BCUT2D eigenvalue weighted by Gasteiger charge is -2.15. The van der Waals surface area contributed by atoms with Crippen LogP contribution in [-0.4, -0.2) is 30.3 Å². The molecule has 4 nitrogen and oxygen atoms in total. The molecule has 0 aliphatic rings. The summed E-state index contributed by atoms with van der Waals surface area (Å²) in [6, 6.07) is 5.20. The number of nitrogens with two attached hydrogens (primary N) is 1. The fraction of sp³-hybridized carbons (Fsp3) is 0.200. The number of carbonyl (C=O) groups excluding carboxylic acids is 2. The van der Waals surface area contributed by atoms with Gasteiger partial charge in [-0.25, -0.2) is 0 Å². The molecule has 0 radical (unpaired) electrons. The van der Waals surface area contributed by atoms with Crippen LogP contribution in [0.2, 0.25) is 0 Å². The number of nitrogens with zero attached hydrogens (tertiary/aromatic N) is 1. The Labute approximate surface area is 110 Å². The standard InChI is InChI=1S/C10H10Br2N2O2/c1-14(5-9(13)15)10(16)7-3-2-6(11)4-8(7)12/h2-4H,5H2,1H3,(H2,13,15). The molecule has 0 spiro atoms. The highest BCUT2D eigenvalue weighted by molar-refractivity contribution is 9.11. The first-order valence-electron chi connectivity index (χ1n) is 4.40. The van der Waals surface area contributed by atoms with Gasteiger partial charge in [0.15, 0.2) is 0 Å². The molecule has 86 valence electrons. The molecular formula is C10H10Br2N2O2. The SMILES string of the molecule is CN(CC(N)=O)C(=O)c1ccc(Br)cc1Br. The van der Waals surface area contributed by atoms with Gasteiger partial charge in [-0.2, -0.15) is 0 Å². The summed E-state index contributed by atoms with van der Waals surface area (Å²) in [5.74, 6) is -0.790. The van der Waals surface area contributed by atoms with Gasteiger partial charge in [-0.3, -0.25) is 9.59 Å². The summed E-state index contributed by atoms with van der Waals surface area (Å²) >= 11 is 6.58. The van der Waals surface area contributed by atoms with E-state index < -0.39 is 5.91 Å². The van der Waals surface area contributed by atoms with Crippen molar-refractivity contribution >= 4 is 43.7 Å². The lowest BCUT2D eigenvalue weighted by molar-refractivity contribution is -0.118. The third-order valence-electron chi connectivity index (χ3n) is 1.90. The van der Waals surface area contributed by atoms with Gasteiger partial charge in [0.1, 0.15) is 0 Å². The van der Waals surface area contributed by atoms with Crippen molar-refractivity contribution in [1.29, 1.82) is 0 Å². The van der Waals surface area contributed by atoms with Crippen molar-refractivity contribution in [3.05, 3.63) is 32.7 Å². The minimum atomic E-state index is -0.538.